The number of rotatable bonds is 4. The highest BCUT2D eigenvalue weighted by molar-refractivity contribution is 8.14. The molecule has 0 spiro atoms. The molecule has 0 N–H and O–H groups in total. The van der Waals surface area contributed by atoms with Crippen molar-refractivity contribution in [2.45, 2.75) is 51.2 Å². The summed E-state index contributed by atoms with van der Waals surface area (Å²) >= 11 is 1.82. The molecule has 4 heterocycles. The molecule has 6 heteroatoms. The third-order valence-corrected chi connectivity index (χ3v) is 7.56. The Morgan fingerprint density at radius 1 is 1.21 bits per heavy atom. The summed E-state index contributed by atoms with van der Waals surface area (Å²) in [6.45, 7) is 6.24. The first-order valence-electron chi connectivity index (χ1n) is 10.6. The molecule has 0 bridgehead atoms. The Hall–Kier alpha value is -2.08. The van der Waals surface area contributed by atoms with Crippen molar-refractivity contribution in [3.8, 4) is 0 Å². The normalized spacial score (nSPS) is 26.2. The fourth-order valence-corrected chi connectivity index (χ4v) is 6.23. The van der Waals surface area contributed by atoms with Crippen LogP contribution in [0.15, 0.2) is 41.5 Å². The Morgan fingerprint density at radius 3 is 2.76 bits per heavy atom. The van der Waals surface area contributed by atoms with Crippen LogP contribution in [0, 0.1) is 12.7 Å². The van der Waals surface area contributed by atoms with Gasteiger partial charge in [0.1, 0.15) is 11.9 Å². The van der Waals surface area contributed by atoms with Crippen LogP contribution < -0.4 is 4.90 Å². The van der Waals surface area contributed by atoms with E-state index in [0.717, 1.165) is 65.8 Å². The molecule has 1 aromatic heterocycles. The molecule has 3 aliphatic heterocycles. The minimum absolute atomic E-state index is 0.00183. The van der Waals surface area contributed by atoms with Gasteiger partial charge in [-0.1, -0.05) is 24.8 Å². The molecule has 2 aromatic rings. The lowest BCUT2D eigenvalue weighted by Crippen LogP contribution is -2.35. The maximum atomic E-state index is 15.3. The van der Waals surface area contributed by atoms with Gasteiger partial charge in [0.25, 0.3) is 0 Å². The lowest BCUT2D eigenvalue weighted by Gasteiger charge is -2.33. The number of aromatic nitrogens is 1. The van der Waals surface area contributed by atoms with E-state index in [2.05, 4.69) is 28.6 Å². The van der Waals surface area contributed by atoms with Crippen LogP contribution in [0.4, 0.5) is 10.1 Å². The van der Waals surface area contributed by atoms with Gasteiger partial charge in [0.15, 0.2) is 5.17 Å². The molecule has 2 saturated heterocycles. The first kappa shape index (κ1) is 18.9. The van der Waals surface area contributed by atoms with Gasteiger partial charge in [-0.05, 0) is 61.6 Å². The smallest absolute Gasteiger partial charge is 0.160 e. The van der Waals surface area contributed by atoms with Gasteiger partial charge in [0.05, 0.1) is 17.4 Å². The molecule has 2 fully saturated rings. The highest BCUT2D eigenvalue weighted by Gasteiger charge is 2.46. The Bertz CT molecular complexity index is 926. The summed E-state index contributed by atoms with van der Waals surface area (Å²) in [6.07, 6.45) is 5.17. The van der Waals surface area contributed by atoms with Crippen LogP contribution in [0.25, 0.3) is 0 Å². The van der Waals surface area contributed by atoms with Crippen molar-refractivity contribution >= 4 is 22.6 Å². The molecule has 3 atom stereocenters. The number of benzene rings is 1. The lowest BCUT2D eigenvalue weighted by molar-refractivity contribution is 0.254. The van der Waals surface area contributed by atoms with E-state index >= 15 is 4.39 Å². The van der Waals surface area contributed by atoms with E-state index in [1.807, 2.05) is 42.2 Å². The second-order valence-electron chi connectivity index (χ2n) is 8.19. The number of nitrogens with zero attached hydrogens (tertiary/aromatic N) is 4. The van der Waals surface area contributed by atoms with E-state index in [9.17, 15) is 0 Å². The van der Waals surface area contributed by atoms with Crippen LogP contribution >= 0.6 is 11.8 Å². The van der Waals surface area contributed by atoms with Gasteiger partial charge in [-0.2, -0.15) is 0 Å². The zero-order valence-corrected chi connectivity index (χ0v) is 17.8. The van der Waals surface area contributed by atoms with Crippen LogP contribution in [0.2, 0.25) is 0 Å². The zero-order valence-electron chi connectivity index (χ0n) is 17.0. The molecule has 0 radical (unpaired) electrons. The fraction of sp³-hybridized carbons (Fsp3) is 0.478. The van der Waals surface area contributed by atoms with Gasteiger partial charge in [-0.25, -0.2) is 4.39 Å². The number of aryl methyl sites for hydroxylation is 1. The summed E-state index contributed by atoms with van der Waals surface area (Å²) in [5.41, 5.74) is 3.89. The molecule has 0 amide bonds. The van der Waals surface area contributed by atoms with Crippen molar-refractivity contribution < 1.29 is 4.39 Å². The first-order valence-corrected chi connectivity index (χ1v) is 11.6. The number of aliphatic imine (C=N–C) groups is 1. The Morgan fingerprint density at radius 2 is 2.03 bits per heavy atom. The summed E-state index contributed by atoms with van der Waals surface area (Å²) in [7, 11) is 0. The minimum atomic E-state index is -0.111. The van der Waals surface area contributed by atoms with Gasteiger partial charge >= 0.3 is 0 Å². The number of hydrogen-bond acceptors (Lipinski definition) is 5. The van der Waals surface area contributed by atoms with Crippen molar-refractivity contribution in [3.05, 3.63) is 59.2 Å². The van der Waals surface area contributed by atoms with Crippen molar-refractivity contribution in [1.82, 2.24) is 9.88 Å². The standard InChI is InChI=1S/C23H27FN4S/c1-3-16-14-29-23-26-21(19-8-4-5-9-25-19)22(28(16)23)17-13-18(24)20(12-15(17)2)27-10-6-7-11-27/h4-5,8-9,12-13,16,21-22H,3,6-7,10-11,14H2,1-2H3/t16-,21-,22+/m0/s1. The van der Waals surface area contributed by atoms with Crippen molar-refractivity contribution in [3.63, 3.8) is 0 Å². The number of anilines is 1. The van der Waals surface area contributed by atoms with Crippen LogP contribution in [0.3, 0.4) is 0 Å². The molecule has 5 rings (SSSR count). The fourth-order valence-electron chi connectivity index (χ4n) is 4.89. The molecule has 3 aliphatic rings. The van der Waals surface area contributed by atoms with Crippen molar-refractivity contribution in [1.29, 1.82) is 0 Å². The highest BCUT2D eigenvalue weighted by Crippen LogP contribution is 2.49. The summed E-state index contributed by atoms with van der Waals surface area (Å²) in [6, 6.07) is 10.1. The molecule has 29 heavy (non-hydrogen) atoms. The van der Waals surface area contributed by atoms with E-state index in [0.29, 0.717) is 6.04 Å². The predicted molar refractivity (Wildman–Crippen MR) is 118 cm³/mol. The molecule has 0 unspecified atom stereocenters. The molecule has 0 aliphatic carbocycles. The second kappa shape index (κ2) is 7.63. The zero-order chi connectivity index (χ0) is 20.0. The minimum Gasteiger partial charge on any atom is -0.369 e. The van der Waals surface area contributed by atoms with E-state index < -0.39 is 0 Å². The third kappa shape index (κ3) is 3.21. The second-order valence-corrected chi connectivity index (χ2v) is 9.18. The summed E-state index contributed by atoms with van der Waals surface area (Å²) in [5.74, 6) is 0.939. The summed E-state index contributed by atoms with van der Waals surface area (Å²) < 4.78 is 15.3. The number of amidine groups is 1. The maximum absolute atomic E-state index is 15.3. The number of hydrogen-bond donors (Lipinski definition) is 0. The average molecular weight is 411 g/mol. The van der Waals surface area contributed by atoms with Crippen LogP contribution in [-0.2, 0) is 0 Å². The Labute approximate surface area is 176 Å². The van der Waals surface area contributed by atoms with E-state index in [4.69, 9.17) is 4.99 Å². The average Bonchev–Trinajstić information content (AvgIpc) is 3.47. The number of pyridine rings is 1. The van der Waals surface area contributed by atoms with E-state index in [-0.39, 0.29) is 17.9 Å². The van der Waals surface area contributed by atoms with Gasteiger partial charge < -0.3 is 9.80 Å². The van der Waals surface area contributed by atoms with Gasteiger partial charge in [0.2, 0.25) is 0 Å². The largest absolute Gasteiger partial charge is 0.369 e. The molecule has 1 aromatic carbocycles. The van der Waals surface area contributed by atoms with E-state index in [1.54, 1.807) is 6.07 Å². The van der Waals surface area contributed by atoms with Gasteiger partial charge in [-0.15, -0.1) is 0 Å². The SMILES string of the molecule is CC[C@H]1CSC2=N[C@@H](c3ccccn3)[C@@H](c3cc(F)c(N4CCCC4)cc3C)N21. The predicted octanol–water partition coefficient (Wildman–Crippen LogP) is 5.11. The number of fused-ring (bicyclic) bond motifs is 1. The quantitative estimate of drug-likeness (QED) is 0.701. The maximum Gasteiger partial charge on any atom is 0.160 e. The van der Waals surface area contributed by atoms with Crippen LogP contribution in [-0.4, -0.2) is 39.9 Å². The first-order chi connectivity index (χ1) is 14.2. The van der Waals surface area contributed by atoms with E-state index in [1.165, 1.54) is 0 Å². The summed E-state index contributed by atoms with van der Waals surface area (Å²) in [4.78, 5) is 14.3. The van der Waals surface area contributed by atoms with Crippen LogP contribution in [0.5, 0.6) is 0 Å². The number of halogens is 1. The highest BCUT2D eigenvalue weighted by atomic mass is 32.2. The number of thioether (sulfide) groups is 1. The molecule has 0 saturated carbocycles. The summed E-state index contributed by atoms with van der Waals surface area (Å²) in [5, 5.41) is 1.08. The molecular formula is C23H27FN4S. The van der Waals surface area contributed by atoms with Crippen molar-refractivity contribution in [2.24, 2.45) is 4.99 Å². The lowest BCUT2D eigenvalue weighted by atomic mass is 9.91. The van der Waals surface area contributed by atoms with Crippen LogP contribution in [0.1, 0.15) is 55.1 Å². The topological polar surface area (TPSA) is 31.7 Å². The van der Waals surface area contributed by atoms with Crippen molar-refractivity contribution in [2.75, 3.05) is 23.7 Å². The third-order valence-electron chi connectivity index (χ3n) is 6.43. The molecule has 152 valence electrons. The monoisotopic (exact) mass is 410 g/mol. The van der Waals surface area contributed by atoms with Gasteiger partial charge in [-0.3, -0.25) is 9.98 Å². The Balaban J connectivity index is 1.59. The Kier molecular flexibility index (Phi) is 4.98. The molecule has 4 nitrogen and oxygen atoms in total. The van der Waals surface area contributed by atoms with Gasteiger partial charge in [0, 0.05) is 31.1 Å². The molecular weight excluding hydrogens is 383 g/mol.